The Morgan fingerprint density at radius 2 is 2.05 bits per heavy atom. The van der Waals surface area contributed by atoms with Crippen LogP contribution in [0.5, 0.6) is 0 Å². The van der Waals surface area contributed by atoms with Crippen molar-refractivity contribution in [2.24, 2.45) is 0 Å². The van der Waals surface area contributed by atoms with E-state index in [1.54, 1.807) is 12.1 Å². The third kappa shape index (κ3) is 3.00. The number of carbonyl (C=O) groups is 1. The van der Waals surface area contributed by atoms with Crippen LogP contribution in [0.15, 0.2) is 24.3 Å². The molecule has 2 heterocycles. The molecule has 0 aromatic heterocycles. The van der Waals surface area contributed by atoms with E-state index in [4.69, 9.17) is 9.84 Å². The molecule has 2 saturated heterocycles. The second-order valence-electron chi connectivity index (χ2n) is 5.50. The minimum absolute atomic E-state index is 0.368. The fraction of sp³-hybridized carbons (Fsp3) is 0.533. The van der Waals surface area contributed by atoms with E-state index in [0.29, 0.717) is 11.6 Å². The normalized spacial score (nSPS) is 21.6. The molecule has 0 atom stereocenters. The van der Waals surface area contributed by atoms with Gasteiger partial charge in [0.05, 0.1) is 18.8 Å². The maximum atomic E-state index is 10.9. The Labute approximate surface area is 118 Å². The molecule has 2 aliphatic rings. The third-order valence-corrected chi connectivity index (χ3v) is 4.08. The van der Waals surface area contributed by atoms with Crippen molar-refractivity contribution in [3.05, 3.63) is 35.4 Å². The molecule has 108 valence electrons. The van der Waals surface area contributed by atoms with Gasteiger partial charge in [0.15, 0.2) is 0 Å². The number of benzene rings is 1. The molecular formula is C15H20N2O3. The molecule has 0 spiro atoms. The van der Waals surface area contributed by atoms with Crippen LogP contribution in [0.1, 0.15) is 15.9 Å². The maximum Gasteiger partial charge on any atom is 0.335 e. The summed E-state index contributed by atoms with van der Waals surface area (Å²) in [5.74, 6) is -0.860. The first-order valence-corrected chi connectivity index (χ1v) is 7.09. The molecule has 0 unspecified atom stereocenters. The van der Waals surface area contributed by atoms with Crippen LogP contribution in [0.25, 0.3) is 0 Å². The van der Waals surface area contributed by atoms with E-state index in [-0.39, 0.29) is 0 Å². The van der Waals surface area contributed by atoms with Crippen molar-refractivity contribution in [3.63, 3.8) is 0 Å². The van der Waals surface area contributed by atoms with Gasteiger partial charge in [0.25, 0.3) is 0 Å². The molecular weight excluding hydrogens is 256 g/mol. The highest BCUT2D eigenvalue weighted by molar-refractivity contribution is 5.87. The van der Waals surface area contributed by atoms with Crippen LogP contribution in [-0.2, 0) is 11.3 Å². The average molecular weight is 276 g/mol. The lowest BCUT2D eigenvalue weighted by Gasteiger charge is -2.46. The minimum Gasteiger partial charge on any atom is -0.478 e. The largest absolute Gasteiger partial charge is 0.478 e. The Morgan fingerprint density at radius 1 is 1.30 bits per heavy atom. The molecule has 3 rings (SSSR count). The van der Waals surface area contributed by atoms with Gasteiger partial charge in [-0.05, 0) is 17.7 Å². The second kappa shape index (κ2) is 5.91. The summed E-state index contributed by atoms with van der Waals surface area (Å²) in [6.45, 7) is 6.73. The molecule has 0 amide bonds. The first-order valence-electron chi connectivity index (χ1n) is 7.09. The van der Waals surface area contributed by atoms with E-state index < -0.39 is 5.97 Å². The summed E-state index contributed by atoms with van der Waals surface area (Å²) in [4.78, 5) is 15.8. The van der Waals surface area contributed by atoms with Crippen LogP contribution in [-0.4, -0.2) is 66.3 Å². The standard InChI is InChI=1S/C15H20N2O3/c18-15(19)13-3-1-2-12(8-13)9-16-10-14(11-16)17-4-6-20-7-5-17/h1-3,8,14H,4-7,9-11H2,(H,18,19). The number of rotatable bonds is 4. The van der Waals surface area contributed by atoms with Gasteiger partial charge in [-0.2, -0.15) is 0 Å². The van der Waals surface area contributed by atoms with Gasteiger partial charge in [-0.15, -0.1) is 0 Å². The number of carboxylic acid groups (broad SMARTS) is 1. The average Bonchev–Trinajstić information content (AvgIpc) is 2.43. The van der Waals surface area contributed by atoms with Crippen molar-refractivity contribution in [3.8, 4) is 0 Å². The van der Waals surface area contributed by atoms with Crippen LogP contribution in [0.3, 0.4) is 0 Å². The monoisotopic (exact) mass is 276 g/mol. The predicted molar refractivity (Wildman–Crippen MR) is 74.9 cm³/mol. The molecule has 5 heteroatoms. The highest BCUT2D eigenvalue weighted by atomic mass is 16.5. The Bertz CT molecular complexity index is 480. The molecule has 1 N–H and O–H groups in total. The molecule has 2 fully saturated rings. The van der Waals surface area contributed by atoms with E-state index in [1.165, 1.54) is 0 Å². The van der Waals surface area contributed by atoms with Crippen molar-refractivity contribution in [1.82, 2.24) is 9.80 Å². The first-order chi connectivity index (χ1) is 9.72. The van der Waals surface area contributed by atoms with Crippen molar-refractivity contribution in [2.75, 3.05) is 39.4 Å². The smallest absolute Gasteiger partial charge is 0.335 e. The van der Waals surface area contributed by atoms with Gasteiger partial charge in [0, 0.05) is 38.8 Å². The van der Waals surface area contributed by atoms with Crippen LogP contribution >= 0.6 is 0 Å². The number of hydrogen-bond acceptors (Lipinski definition) is 4. The van der Waals surface area contributed by atoms with E-state index in [1.807, 2.05) is 12.1 Å². The number of ether oxygens (including phenoxy) is 1. The van der Waals surface area contributed by atoms with Gasteiger partial charge in [-0.3, -0.25) is 9.80 Å². The summed E-state index contributed by atoms with van der Waals surface area (Å²) >= 11 is 0. The molecule has 1 aromatic rings. The SMILES string of the molecule is O=C(O)c1cccc(CN2CC(N3CCOCC3)C2)c1. The molecule has 0 aliphatic carbocycles. The van der Waals surface area contributed by atoms with Gasteiger partial charge in [0.2, 0.25) is 0 Å². The van der Waals surface area contributed by atoms with Crippen LogP contribution in [0.2, 0.25) is 0 Å². The zero-order valence-corrected chi connectivity index (χ0v) is 11.5. The Kier molecular flexibility index (Phi) is 4.00. The third-order valence-electron chi connectivity index (χ3n) is 4.08. The molecule has 0 radical (unpaired) electrons. The number of nitrogens with zero attached hydrogens (tertiary/aromatic N) is 2. The summed E-state index contributed by atoms with van der Waals surface area (Å²) in [6, 6.07) is 7.86. The molecule has 5 nitrogen and oxygen atoms in total. The highest BCUT2D eigenvalue weighted by Gasteiger charge is 2.32. The second-order valence-corrected chi connectivity index (χ2v) is 5.50. The minimum atomic E-state index is -0.860. The van der Waals surface area contributed by atoms with E-state index in [2.05, 4.69) is 9.80 Å². The Hall–Kier alpha value is -1.43. The topological polar surface area (TPSA) is 53.0 Å². The number of carboxylic acids is 1. The summed E-state index contributed by atoms with van der Waals surface area (Å²) in [5.41, 5.74) is 1.44. The maximum absolute atomic E-state index is 10.9. The van der Waals surface area contributed by atoms with E-state index in [9.17, 15) is 4.79 Å². The fourth-order valence-corrected chi connectivity index (χ4v) is 2.91. The predicted octanol–water partition coefficient (Wildman–Crippen LogP) is 0.901. The molecule has 20 heavy (non-hydrogen) atoms. The molecule has 0 saturated carbocycles. The van der Waals surface area contributed by atoms with Crippen LogP contribution in [0, 0.1) is 0 Å². The summed E-state index contributed by atoms with van der Waals surface area (Å²) in [7, 11) is 0. The van der Waals surface area contributed by atoms with Gasteiger partial charge >= 0.3 is 5.97 Å². The van der Waals surface area contributed by atoms with E-state index in [0.717, 1.165) is 51.5 Å². The summed E-state index contributed by atoms with van der Waals surface area (Å²) in [6.07, 6.45) is 0. The number of aromatic carboxylic acids is 1. The zero-order chi connectivity index (χ0) is 13.9. The van der Waals surface area contributed by atoms with E-state index >= 15 is 0 Å². The van der Waals surface area contributed by atoms with Crippen molar-refractivity contribution in [2.45, 2.75) is 12.6 Å². The lowest BCUT2D eigenvalue weighted by atomic mass is 10.0. The molecule has 1 aromatic carbocycles. The van der Waals surface area contributed by atoms with Crippen LogP contribution < -0.4 is 0 Å². The lowest BCUT2D eigenvalue weighted by Crippen LogP contribution is -2.60. The zero-order valence-electron chi connectivity index (χ0n) is 11.5. The summed E-state index contributed by atoms with van der Waals surface area (Å²) < 4.78 is 5.37. The van der Waals surface area contributed by atoms with Crippen LogP contribution in [0.4, 0.5) is 0 Å². The number of likely N-dealkylation sites (tertiary alicyclic amines) is 1. The van der Waals surface area contributed by atoms with Gasteiger partial charge in [-0.25, -0.2) is 4.79 Å². The number of morpholine rings is 1. The first kappa shape index (κ1) is 13.5. The number of hydrogen-bond donors (Lipinski definition) is 1. The Morgan fingerprint density at radius 3 is 2.75 bits per heavy atom. The van der Waals surface area contributed by atoms with Crippen molar-refractivity contribution >= 4 is 5.97 Å². The quantitative estimate of drug-likeness (QED) is 0.885. The Balaban J connectivity index is 1.51. The lowest BCUT2D eigenvalue weighted by molar-refractivity contribution is -0.0344. The fourth-order valence-electron chi connectivity index (χ4n) is 2.91. The van der Waals surface area contributed by atoms with Crippen molar-refractivity contribution < 1.29 is 14.6 Å². The van der Waals surface area contributed by atoms with Gasteiger partial charge < -0.3 is 9.84 Å². The van der Waals surface area contributed by atoms with Crippen molar-refractivity contribution in [1.29, 1.82) is 0 Å². The van der Waals surface area contributed by atoms with Gasteiger partial charge in [-0.1, -0.05) is 12.1 Å². The highest BCUT2D eigenvalue weighted by Crippen LogP contribution is 2.19. The van der Waals surface area contributed by atoms with Gasteiger partial charge in [0.1, 0.15) is 0 Å². The molecule has 2 aliphatic heterocycles. The summed E-state index contributed by atoms with van der Waals surface area (Å²) in [5, 5.41) is 8.99. The molecule has 0 bridgehead atoms.